The predicted molar refractivity (Wildman–Crippen MR) is 89.4 cm³/mol. The van der Waals surface area contributed by atoms with E-state index in [1.807, 2.05) is 19.1 Å². The first-order chi connectivity index (χ1) is 9.52. The van der Waals surface area contributed by atoms with Gasteiger partial charge in [0.2, 0.25) is 0 Å². The Morgan fingerprint density at radius 2 is 1.85 bits per heavy atom. The normalized spacial score (nSPS) is 11.0. The van der Waals surface area contributed by atoms with Crippen LogP contribution in [-0.4, -0.2) is 4.98 Å². The molecule has 0 spiro atoms. The molecule has 0 saturated carbocycles. The molecule has 3 rings (SSSR count). The molecule has 0 aliphatic heterocycles. The van der Waals surface area contributed by atoms with Gasteiger partial charge in [0.1, 0.15) is 5.82 Å². The maximum Gasteiger partial charge on any atom is 0.188 e. The monoisotopic (exact) mass is 414 g/mol. The number of aryl methyl sites for hydroxylation is 1. The molecular formula is C14H9Br2FN2S. The van der Waals surface area contributed by atoms with Crippen LogP contribution in [0.25, 0.3) is 10.2 Å². The Kier molecular flexibility index (Phi) is 3.79. The molecule has 1 aromatic heterocycles. The molecule has 0 unspecified atom stereocenters. The number of hydrogen-bond donors (Lipinski definition) is 1. The summed E-state index contributed by atoms with van der Waals surface area (Å²) in [6.45, 7) is 2.03. The van der Waals surface area contributed by atoms with E-state index in [0.717, 1.165) is 35.5 Å². The van der Waals surface area contributed by atoms with Crippen molar-refractivity contribution in [3.05, 3.63) is 50.7 Å². The number of halogens is 3. The molecule has 0 aliphatic carbocycles. The van der Waals surface area contributed by atoms with Gasteiger partial charge in [-0.1, -0.05) is 11.3 Å². The molecule has 1 heterocycles. The lowest BCUT2D eigenvalue weighted by Gasteiger charge is -2.09. The van der Waals surface area contributed by atoms with Crippen LogP contribution in [0.1, 0.15) is 5.56 Å². The quantitative estimate of drug-likeness (QED) is 0.554. The molecular weight excluding hydrogens is 407 g/mol. The number of fused-ring (bicyclic) bond motifs is 1. The zero-order valence-corrected chi connectivity index (χ0v) is 14.4. The predicted octanol–water partition coefficient (Wildman–Crippen LogP) is 6.01. The van der Waals surface area contributed by atoms with E-state index < -0.39 is 0 Å². The minimum Gasteiger partial charge on any atom is -0.330 e. The third-order valence-electron chi connectivity index (χ3n) is 2.77. The van der Waals surface area contributed by atoms with Gasteiger partial charge in [-0.05, 0) is 74.7 Å². The summed E-state index contributed by atoms with van der Waals surface area (Å²) < 4.78 is 15.9. The number of benzene rings is 2. The molecule has 0 saturated heterocycles. The summed E-state index contributed by atoms with van der Waals surface area (Å²) in [5.74, 6) is -0.245. The molecule has 3 aromatic rings. The Labute approximate surface area is 136 Å². The Morgan fingerprint density at radius 1 is 1.15 bits per heavy atom. The first-order valence-corrected chi connectivity index (χ1v) is 8.22. The highest BCUT2D eigenvalue weighted by molar-refractivity contribution is 9.11. The molecule has 0 bridgehead atoms. The molecule has 0 amide bonds. The molecule has 0 fully saturated rings. The molecule has 102 valence electrons. The number of hydrogen-bond acceptors (Lipinski definition) is 3. The van der Waals surface area contributed by atoms with Crippen LogP contribution in [0.2, 0.25) is 0 Å². The third kappa shape index (κ3) is 2.73. The van der Waals surface area contributed by atoms with Crippen LogP contribution in [0.3, 0.4) is 0 Å². The first-order valence-electron chi connectivity index (χ1n) is 5.82. The molecule has 1 N–H and O–H groups in total. The largest absolute Gasteiger partial charge is 0.330 e. The molecule has 2 aromatic carbocycles. The summed E-state index contributed by atoms with van der Waals surface area (Å²) >= 11 is 8.49. The van der Waals surface area contributed by atoms with Crippen LogP contribution in [0.15, 0.2) is 39.3 Å². The van der Waals surface area contributed by atoms with Crippen molar-refractivity contribution in [3.8, 4) is 0 Å². The van der Waals surface area contributed by atoms with E-state index in [1.54, 1.807) is 6.07 Å². The van der Waals surface area contributed by atoms with Gasteiger partial charge in [-0.25, -0.2) is 9.37 Å². The topological polar surface area (TPSA) is 24.9 Å². The van der Waals surface area contributed by atoms with Crippen LogP contribution in [0, 0.1) is 12.7 Å². The average molecular weight is 416 g/mol. The standard InChI is InChI=1S/C14H9Br2FN2S/c1-7-4-9(15)13(10(16)5-7)19-14-18-11-3-2-8(17)6-12(11)20-14/h2-6H,1H3,(H,18,19). The van der Waals surface area contributed by atoms with Gasteiger partial charge in [0.15, 0.2) is 5.13 Å². The summed E-state index contributed by atoms with van der Waals surface area (Å²) in [6, 6.07) is 8.66. The van der Waals surface area contributed by atoms with E-state index in [4.69, 9.17) is 0 Å². The highest BCUT2D eigenvalue weighted by Gasteiger charge is 2.10. The number of nitrogens with one attached hydrogen (secondary N) is 1. The van der Waals surface area contributed by atoms with E-state index in [9.17, 15) is 4.39 Å². The van der Waals surface area contributed by atoms with Crippen LogP contribution in [0.4, 0.5) is 15.2 Å². The van der Waals surface area contributed by atoms with Crippen molar-refractivity contribution in [2.45, 2.75) is 6.92 Å². The van der Waals surface area contributed by atoms with Crippen molar-refractivity contribution < 1.29 is 4.39 Å². The molecule has 6 heteroatoms. The highest BCUT2D eigenvalue weighted by Crippen LogP contribution is 2.36. The van der Waals surface area contributed by atoms with Crippen molar-refractivity contribution in [2.75, 3.05) is 5.32 Å². The van der Waals surface area contributed by atoms with E-state index >= 15 is 0 Å². The second-order valence-corrected chi connectivity index (χ2v) is 7.10. The molecule has 0 radical (unpaired) electrons. The maximum absolute atomic E-state index is 13.2. The summed E-state index contributed by atoms with van der Waals surface area (Å²) in [6.07, 6.45) is 0. The average Bonchev–Trinajstić information content (AvgIpc) is 2.75. The maximum atomic E-state index is 13.2. The Morgan fingerprint density at radius 3 is 2.55 bits per heavy atom. The summed E-state index contributed by atoms with van der Waals surface area (Å²) in [4.78, 5) is 4.45. The smallest absolute Gasteiger partial charge is 0.188 e. The zero-order valence-electron chi connectivity index (χ0n) is 10.4. The van der Waals surface area contributed by atoms with Gasteiger partial charge in [-0.3, -0.25) is 0 Å². The van der Waals surface area contributed by atoms with Crippen LogP contribution in [-0.2, 0) is 0 Å². The van der Waals surface area contributed by atoms with Crippen molar-refractivity contribution in [2.24, 2.45) is 0 Å². The molecule has 0 aliphatic rings. The van der Waals surface area contributed by atoms with Crippen molar-refractivity contribution >= 4 is 64.2 Å². The third-order valence-corrected chi connectivity index (χ3v) is 4.95. The Bertz CT molecular complexity index is 778. The Balaban J connectivity index is 2.01. The van der Waals surface area contributed by atoms with Gasteiger partial charge in [-0.15, -0.1) is 0 Å². The zero-order chi connectivity index (χ0) is 14.3. The van der Waals surface area contributed by atoms with Gasteiger partial charge < -0.3 is 5.32 Å². The number of nitrogens with zero attached hydrogens (tertiary/aromatic N) is 1. The minimum absolute atomic E-state index is 0.245. The fourth-order valence-electron chi connectivity index (χ4n) is 1.88. The van der Waals surface area contributed by atoms with Gasteiger partial charge >= 0.3 is 0 Å². The van der Waals surface area contributed by atoms with E-state index in [1.165, 1.54) is 23.5 Å². The highest BCUT2D eigenvalue weighted by atomic mass is 79.9. The van der Waals surface area contributed by atoms with Crippen molar-refractivity contribution in [1.82, 2.24) is 4.98 Å². The second-order valence-electron chi connectivity index (χ2n) is 4.36. The van der Waals surface area contributed by atoms with Gasteiger partial charge in [-0.2, -0.15) is 0 Å². The number of anilines is 2. The van der Waals surface area contributed by atoms with Gasteiger partial charge in [0.25, 0.3) is 0 Å². The summed E-state index contributed by atoms with van der Waals surface area (Å²) in [5.41, 5.74) is 2.86. The van der Waals surface area contributed by atoms with Crippen LogP contribution in [0.5, 0.6) is 0 Å². The lowest BCUT2D eigenvalue weighted by atomic mass is 10.2. The minimum atomic E-state index is -0.245. The van der Waals surface area contributed by atoms with E-state index in [2.05, 4.69) is 42.2 Å². The van der Waals surface area contributed by atoms with E-state index in [0.29, 0.717) is 0 Å². The van der Waals surface area contributed by atoms with Crippen LogP contribution >= 0.6 is 43.2 Å². The summed E-state index contributed by atoms with van der Waals surface area (Å²) in [7, 11) is 0. The SMILES string of the molecule is Cc1cc(Br)c(Nc2nc3ccc(F)cc3s2)c(Br)c1. The van der Waals surface area contributed by atoms with Crippen molar-refractivity contribution in [1.29, 1.82) is 0 Å². The molecule has 0 atom stereocenters. The van der Waals surface area contributed by atoms with Crippen molar-refractivity contribution in [3.63, 3.8) is 0 Å². The van der Waals surface area contributed by atoms with Gasteiger partial charge in [0.05, 0.1) is 15.9 Å². The Hall–Kier alpha value is -0.980. The lowest BCUT2D eigenvalue weighted by molar-refractivity contribution is 0.630. The molecule has 2 nitrogen and oxygen atoms in total. The first kappa shape index (κ1) is 14.0. The van der Waals surface area contributed by atoms with E-state index in [-0.39, 0.29) is 5.82 Å². The fourth-order valence-corrected chi connectivity index (χ4v) is 4.39. The number of aromatic nitrogens is 1. The van der Waals surface area contributed by atoms with Gasteiger partial charge in [0, 0.05) is 8.95 Å². The second kappa shape index (κ2) is 5.42. The number of rotatable bonds is 2. The lowest BCUT2D eigenvalue weighted by Crippen LogP contribution is -1.92. The van der Waals surface area contributed by atoms with Crippen LogP contribution < -0.4 is 5.32 Å². The molecule has 20 heavy (non-hydrogen) atoms. The summed E-state index contributed by atoms with van der Waals surface area (Å²) in [5, 5.41) is 4.00. The number of thiazole rings is 1. The fraction of sp³-hybridized carbons (Fsp3) is 0.0714.